The lowest BCUT2D eigenvalue weighted by Crippen LogP contribution is -2.21. The Hall–Kier alpha value is -3.93. The van der Waals surface area contributed by atoms with Crippen LogP contribution in [-0.2, 0) is 6.54 Å². The Morgan fingerprint density at radius 2 is 1.62 bits per heavy atom. The van der Waals surface area contributed by atoms with Gasteiger partial charge in [-0.05, 0) is 40.8 Å². The molecule has 0 bridgehead atoms. The number of hydrogen-bond acceptors (Lipinski definition) is 4. The lowest BCUT2D eigenvalue weighted by Gasteiger charge is -2.11. The van der Waals surface area contributed by atoms with Gasteiger partial charge in [0.25, 0.3) is 5.56 Å². The summed E-state index contributed by atoms with van der Waals surface area (Å²) in [5.74, 6) is -0.363. The molecule has 3 aromatic heterocycles. The van der Waals surface area contributed by atoms with Crippen molar-refractivity contribution < 1.29 is 4.39 Å². The second-order valence-electron chi connectivity index (χ2n) is 6.79. The Morgan fingerprint density at radius 3 is 2.52 bits per heavy atom. The minimum Gasteiger partial charge on any atom is -0.299 e. The maximum Gasteiger partial charge on any atom is 0.269 e. The van der Waals surface area contributed by atoms with E-state index >= 15 is 0 Å². The monoisotopic (exact) mass is 382 g/mol. The van der Waals surface area contributed by atoms with Crippen LogP contribution in [0.1, 0.15) is 5.56 Å². The fraction of sp³-hybridized carbons (Fsp3) is 0.0435. The minimum absolute atomic E-state index is 0.110. The summed E-state index contributed by atoms with van der Waals surface area (Å²) in [7, 11) is 0. The number of hydrogen-bond donors (Lipinski definition) is 0. The van der Waals surface area contributed by atoms with Gasteiger partial charge < -0.3 is 0 Å². The highest BCUT2D eigenvalue weighted by Gasteiger charge is 2.10. The van der Waals surface area contributed by atoms with Crippen molar-refractivity contribution in [2.45, 2.75) is 6.54 Å². The van der Waals surface area contributed by atoms with Crippen molar-refractivity contribution in [3.05, 3.63) is 101 Å². The van der Waals surface area contributed by atoms with Gasteiger partial charge in [0.05, 0.1) is 30.0 Å². The fourth-order valence-electron chi connectivity index (χ4n) is 3.46. The SMILES string of the molecule is O=c1cnc2ccncc2n1Cc1ccc(-c2ccc3cnccc3c2)cc1F. The molecule has 5 aromatic rings. The standard InChI is InChI=1S/C23H15FN4O/c24-20-10-16(15-1-3-18-11-25-7-5-17(18)9-15)2-4-19(20)14-28-22-12-26-8-6-21(22)27-13-23(28)29/h1-13H,14H2. The Kier molecular flexibility index (Phi) is 4.09. The summed E-state index contributed by atoms with van der Waals surface area (Å²) in [6.07, 6.45) is 7.97. The van der Waals surface area contributed by atoms with E-state index in [9.17, 15) is 9.18 Å². The number of benzene rings is 2. The molecule has 0 atom stereocenters. The number of nitrogens with zero attached hydrogens (tertiary/aromatic N) is 4. The van der Waals surface area contributed by atoms with Gasteiger partial charge in [0, 0.05) is 29.5 Å². The van der Waals surface area contributed by atoms with Gasteiger partial charge in [0.2, 0.25) is 0 Å². The van der Waals surface area contributed by atoms with Crippen LogP contribution >= 0.6 is 0 Å². The Morgan fingerprint density at radius 1 is 0.828 bits per heavy atom. The number of aromatic nitrogens is 4. The zero-order valence-electron chi connectivity index (χ0n) is 15.3. The summed E-state index contributed by atoms with van der Waals surface area (Å²) < 4.78 is 16.4. The van der Waals surface area contributed by atoms with E-state index in [-0.39, 0.29) is 17.9 Å². The highest BCUT2D eigenvalue weighted by molar-refractivity contribution is 5.86. The van der Waals surface area contributed by atoms with Crippen molar-refractivity contribution in [1.29, 1.82) is 0 Å². The van der Waals surface area contributed by atoms with Gasteiger partial charge in [-0.15, -0.1) is 0 Å². The van der Waals surface area contributed by atoms with E-state index in [1.54, 1.807) is 36.9 Å². The molecule has 0 fully saturated rings. The molecule has 0 aliphatic rings. The van der Waals surface area contributed by atoms with E-state index in [1.807, 2.05) is 30.3 Å². The zero-order valence-corrected chi connectivity index (χ0v) is 15.3. The van der Waals surface area contributed by atoms with Crippen molar-refractivity contribution in [3.63, 3.8) is 0 Å². The molecule has 0 aliphatic carbocycles. The van der Waals surface area contributed by atoms with Gasteiger partial charge in [-0.3, -0.25) is 19.3 Å². The lowest BCUT2D eigenvalue weighted by atomic mass is 10.0. The Balaban J connectivity index is 1.53. The quantitative estimate of drug-likeness (QED) is 0.469. The Labute approximate surface area is 165 Å². The van der Waals surface area contributed by atoms with Crippen LogP contribution in [0.4, 0.5) is 4.39 Å². The second-order valence-corrected chi connectivity index (χ2v) is 6.79. The molecule has 0 saturated carbocycles. The van der Waals surface area contributed by atoms with Crippen LogP contribution in [0.15, 0.2) is 84.3 Å². The van der Waals surface area contributed by atoms with Crippen LogP contribution in [0.2, 0.25) is 0 Å². The molecule has 0 saturated heterocycles. The van der Waals surface area contributed by atoms with E-state index in [2.05, 4.69) is 15.0 Å². The largest absolute Gasteiger partial charge is 0.299 e. The molecule has 0 aliphatic heterocycles. The molecule has 6 heteroatoms. The van der Waals surface area contributed by atoms with Gasteiger partial charge in [-0.25, -0.2) is 9.37 Å². The highest BCUT2D eigenvalue weighted by Crippen LogP contribution is 2.26. The first-order valence-electron chi connectivity index (χ1n) is 9.11. The third-order valence-corrected chi connectivity index (χ3v) is 5.00. The van der Waals surface area contributed by atoms with Crippen LogP contribution in [0, 0.1) is 5.82 Å². The van der Waals surface area contributed by atoms with E-state index < -0.39 is 0 Å². The third-order valence-electron chi connectivity index (χ3n) is 5.00. The van der Waals surface area contributed by atoms with E-state index in [4.69, 9.17) is 0 Å². The average molecular weight is 382 g/mol. The van der Waals surface area contributed by atoms with Gasteiger partial charge in [0.1, 0.15) is 5.82 Å². The lowest BCUT2D eigenvalue weighted by molar-refractivity contribution is 0.599. The molecule has 0 spiro atoms. The smallest absolute Gasteiger partial charge is 0.269 e. The molecule has 0 unspecified atom stereocenters. The van der Waals surface area contributed by atoms with Crippen LogP contribution in [0.25, 0.3) is 32.9 Å². The highest BCUT2D eigenvalue weighted by atomic mass is 19.1. The van der Waals surface area contributed by atoms with Crippen molar-refractivity contribution in [2.24, 2.45) is 0 Å². The first-order valence-corrected chi connectivity index (χ1v) is 9.11. The molecule has 3 heterocycles. The van der Waals surface area contributed by atoms with Gasteiger partial charge in [0.15, 0.2) is 0 Å². The summed E-state index contributed by atoms with van der Waals surface area (Å²) in [6, 6.07) is 14.7. The van der Waals surface area contributed by atoms with E-state index in [0.717, 1.165) is 21.9 Å². The predicted molar refractivity (Wildman–Crippen MR) is 110 cm³/mol. The minimum atomic E-state index is -0.363. The number of rotatable bonds is 3. The molecule has 29 heavy (non-hydrogen) atoms. The van der Waals surface area contributed by atoms with Crippen LogP contribution in [0.3, 0.4) is 0 Å². The first kappa shape index (κ1) is 17.2. The van der Waals surface area contributed by atoms with E-state index in [1.165, 1.54) is 16.8 Å². The molecule has 5 nitrogen and oxygen atoms in total. The Bertz CT molecular complexity index is 1430. The molecular weight excluding hydrogens is 367 g/mol. The topological polar surface area (TPSA) is 60.7 Å². The summed E-state index contributed by atoms with van der Waals surface area (Å²) in [5.41, 5.74) is 3.05. The van der Waals surface area contributed by atoms with Crippen molar-refractivity contribution in [3.8, 4) is 11.1 Å². The summed E-state index contributed by atoms with van der Waals surface area (Å²) in [6.45, 7) is 0.110. The van der Waals surface area contributed by atoms with Crippen molar-refractivity contribution in [1.82, 2.24) is 19.5 Å². The number of halogens is 1. The number of pyridine rings is 2. The summed E-state index contributed by atoms with van der Waals surface area (Å²) in [5, 5.41) is 2.08. The molecule has 0 radical (unpaired) electrons. The molecule has 5 rings (SSSR count). The summed E-state index contributed by atoms with van der Waals surface area (Å²) in [4.78, 5) is 24.6. The average Bonchev–Trinajstić information content (AvgIpc) is 2.76. The predicted octanol–water partition coefficient (Wildman–Crippen LogP) is 4.19. The van der Waals surface area contributed by atoms with Gasteiger partial charge >= 0.3 is 0 Å². The molecule has 0 N–H and O–H groups in total. The van der Waals surface area contributed by atoms with Crippen LogP contribution in [-0.4, -0.2) is 19.5 Å². The van der Waals surface area contributed by atoms with Gasteiger partial charge in [-0.1, -0.05) is 24.3 Å². The number of fused-ring (bicyclic) bond motifs is 2. The third kappa shape index (κ3) is 3.14. The molecule has 0 amide bonds. The van der Waals surface area contributed by atoms with Crippen LogP contribution in [0.5, 0.6) is 0 Å². The molecular formula is C23H15FN4O. The summed E-state index contributed by atoms with van der Waals surface area (Å²) >= 11 is 0. The molecule has 2 aromatic carbocycles. The zero-order chi connectivity index (χ0) is 19.8. The second kappa shape index (κ2) is 6.91. The van der Waals surface area contributed by atoms with Gasteiger partial charge in [-0.2, -0.15) is 0 Å². The van der Waals surface area contributed by atoms with E-state index in [0.29, 0.717) is 16.6 Å². The fourth-order valence-corrected chi connectivity index (χ4v) is 3.46. The maximum absolute atomic E-state index is 14.9. The molecule has 140 valence electrons. The first-order chi connectivity index (χ1) is 14.2. The normalized spacial score (nSPS) is 11.2. The van der Waals surface area contributed by atoms with Crippen molar-refractivity contribution >= 4 is 21.8 Å². The van der Waals surface area contributed by atoms with Crippen molar-refractivity contribution in [2.75, 3.05) is 0 Å². The maximum atomic E-state index is 14.9. The van der Waals surface area contributed by atoms with Crippen LogP contribution < -0.4 is 5.56 Å².